The highest BCUT2D eigenvalue weighted by molar-refractivity contribution is 6.58. The summed E-state index contributed by atoms with van der Waals surface area (Å²) in [6.07, 6.45) is 3.67. The van der Waals surface area contributed by atoms with Gasteiger partial charge in [0, 0.05) is 34.4 Å². The number of aliphatic hydroxyl groups excluding tert-OH is 1. The van der Waals surface area contributed by atoms with E-state index in [-0.39, 0.29) is 8.80 Å². The van der Waals surface area contributed by atoms with E-state index in [0.29, 0.717) is 25.6 Å². The van der Waals surface area contributed by atoms with Gasteiger partial charge in [0.25, 0.3) is 0 Å². The third-order valence-corrected chi connectivity index (χ3v) is 10.9. The lowest BCUT2D eigenvalue weighted by atomic mass is 10.3. The second kappa shape index (κ2) is 12.7. The molecule has 0 aromatic rings. The van der Waals surface area contributed by atoms with Gasteiger partial charge < -0.3 is 5.11 Å². The van der Waals surface area contributed by atoms with Crippen LogP contribution >= 0.6 is 0 Å². The van der Waals surface area contributed by atoms with Crippen LogP contribution in [0.5, 0.6) is 0 Å². The fourth-order valence-electron chi connectivity index (χ4n) is 2.02. The normalized spacial score (nSPS) is 14.6. The van der Waals surface area contributed by atoms with Crippen molar-refractivity contribution in [2.45, 2.75) is 62.6 Å². The Labute approximate surface area is 102 Å². The standard InChI is InChI=1S/C11H30OSi3/c1-13-7-8-14-9-11-15(2)10-5-3-4-6-12/h12,15H,3-11,13-14H2,1-2H3. The molecule has 0 spiro atoms. The minimum Gasteiger partial charge on any atom is -0.396 e. The molecular weight excluding hydrogens is 232 g/mol. The number of aliphatic hydroxyl groups is 1. The van der Waals surface area contributed by atoms with E-state index in [2.05, 4.69) is 13.1 Å². The van der Waals surface area contributed by atoms with E-state index < -0.39 is 0 Å². The highest BCUT2D eigenvalue weighted by Crippen LogP contribution is 2.10. The van der Waals surface area contributed by atoms with Crippen molar-refractivity contribution in [1.82, 2.24) is 0 Å². The average Bonchev–Trinajstić information content (AvgIpc) is 2.24. The maximum absolute atomic E-state index is 8.68. The van der Waals surface area contributed by atoms with Crippen molar-refractivity contribution in [2.24, 2.45) is 0 Å². The van der Waals surface area contributed by atoms with Crippen LogP contribution < -0.4 is 0 Å². The summed E-state index contributed by atoms with van der Waals surface area (Å²) in [5, 5.41) is 8.68. The molecule has 92 valence electrons. The summed E-state index contributed by atoms with van der Waals surface area (Å²) in [5.41, 5.74) is 0. The van der Waals surface area contributed by atoms with Crippen molar-refractivity contribution in [2.75, 3.05) is 6.61 Å². The molecule has 0 aliphatic carbocycles. The van der Waals surface area contributed by atoms with Gasteiger partial charge in [-0.05, 0) is 6.42 Å². The van der Waals surface area contributed by atoms with Crippen molar-refractivity contribution in [3.63, 3.8) is 0 Å². The van der Waals surface area contributed by atoms with Gasteiger partial charge in [-0.25, -0.2) is 0 Å². The van der Waals surface area contributed by atoms with E-state index in [1.807, 2.05) is 0 Å². The highest BCUT2D eigenvalue weighted by atomic mass is 28.3. The van der Waals surface area contributed by atoms with Crippen LogP contribution in [-0.2, 0) is 0 Å². The molecule has 1 atom stereocenters. The number of rotatable bonds is 11. The molecule has 15 heavy (non-hydrogen) atoms. The van der Waals surface area contributed by atoms with Crippen LogP contribution in [0.2, 0.25) is 43.3 Å². The van der Waals surface area contributed by atoms with E-state index >= 15 is 0 Å². The Morgan fingerprint density at radius 2 is 1.80 bits per heavy atom. The van der Waals surface area contributed by atoms with Gasteiger partial charge in [-0.3, -0.25) is 0 Å². The molecule has 0 saturated heterocycles. The van der Waals surface area contributed by atoms with Crippen molar-refractivity contribution in [1.29, 1.82) is 0 Å². The minimum atomic E-state index is -0.332. The molecule has 0 radical (unpaired) electrons. The van der Waals surface area contributed by atoms with Crippen LogP contribution in [0.4, 0.5) is 0 Å². The molecule has 0 aliphatic rings. The fourth-order valence-corrected chi connectivity index (χ4v) is 11.0. The van der Waals surface area contributed by atoms with Gasteiger partial charge in [-0.15, -0.1) is 0 Å². The Morgan fingerprint density at radius 3 is 2.47 bits per heavy atom. The average molecular weight is 263 g/mol. The van der Waals surface area contributed by atoms with Gasteiger partial charge in [0.05, 0.1) is 0 Å². The number of hydrogen-bond acceptors (Lipinski definition) is 1. The van der Waals surface area contributed by atoms with Gasteiger partial charge in [0.1, 0.15) is 0 Å². The lowest BCUT2D eigenvalue weighted by Gasteiger charge is -2.08. The highest BCUT2D eigenvalue weighted by Gasteiger charge is 2.03. The second-order valence-corrected chi connectivity index (χ2v) is 12.1. The molecule has 0 bridgehead atoms. The molecular formula is C11H30OSi3. The largest absolute Gasteiger partial charge is 0.396 e. The van der Waals surface area contributed by atoms with E-state index in [1.54, 1.807) is 24.2 Å². The molecule has 0 rings (SSSR count). The SMILES string of the molecule is C[SiH2]CC[SiH2]CC[SiH](C)CCCCCO. The Balaban J connectivity index is 3.08. The predicted octanol–water partition coefficient (Wildman–Crippen LogP) is 1.65. The molecule has 0 aromatic carbocycles. The van der Waals surface area contributed by atoms with Crippen molar-refractivity contribution in [3.05, 3.63) is 0 Å². The molecule has 1 unspecified atom stereocenters. The van der Waals surface area contributed by atoms with Crippen LogP contribution in [0.15, 0.2) is 0 Å². The summed E-state index contributed by atoms with van der Waals surface area (Å²) >= 11 is 0. The third kappa shape index (κ3) is 12.5. The molecule has 4 heteroatoms. The lowest BCUT2D eigenvalue weighted by molar-refractivity contribution is 0.284. The predicted molar refractivity (Wildman–Crippen MR) is 80.9 cm³/mol. The molecule has 0 heterocycles. The Hall–Kier alpha value is 0.611. The number of unbranched alkanes of at least 4 members (excludes halogenated alkanes) is 2. The summed E-state index contributed by atoms with van der Waals surface area (Å²) in [5.74, 6) is 0. The van der Waals surface area contributed by atoms with Crippen LogP contribution in [0.1, 0.15) is 19.3 Å². The van der Waals surface area contributed by atoms with Gasteiger partial charge >= 0.3 is 0 Å². The van der Waals surface area contributed by atoms with Crippen molar-refractivity contribution in [3.8, 4) is 0 Å². The molecule has 0 fully saturated rings. The van der Waals surface area contributed by atoms with Crippen LogP contribution in [0.25, 0.3) is 0 Å². The van der Waals surface area contributed by atoms with Gasteiger partial charge in [0.2, 0.25) is 0 Å². The Morgan fingerprint density at radius 1 is 1.00 bits per heavy atom. The first-order chi connectivity index (χ1) is 7.31. The van der Waals surface area contributed by atoms with E-state index in [4.69, 9.17) is 5.11 Å². The monoisotopic (exact) mass is 262 g/mol. The smallest absolute Gasteiger partial charge is 0.0431 e. The summed E-state index contributed by atoms with van der Waals surface area (Å²) in [4.78, 5) is 0. The van der Waals surface area contributed by atoms with Crippen LogP contribution in [-0.4, -0.2) is 39.5 Å². The molecule has 0 amide bonds. The van der Waals surface area contributed by atoms with E-state index in [9.17, 15) is 0 Å². The zero-order valence-electron chi connectivity index (χ0n) is 10.8. The first-order valence-corrected chi connectivity index (χ1v) is 14.1. The van der Waals surface area contributed by atoms with E-state index in [1.165, 1.54) is 18.9 Å². The van der Waals surface area contributed by atoms with E-state index in [0.717, 1.165) is 6.42 Å². The fraction of sp³-hybridized carbons (Fsp3) is 1.00. The minimum absolute atomic E-state index is 0.332. The van der Waals surface area contributed by atoms with Crippen LogP contribution in [0, 0.1) is 0 Å². The van der Waals surface area contributed by atoms with Gasteiger partial charge in [-0.1, -0.05) is 56.2 Å². The number of hydrogen-bond donors (Lipinski definition) is 1. The third-order valence-electron chi connectivity index (χ3n) is 3.16. The molecule has 1 N–H and O–H groups in total. The molecule has 0 saturated carbocycles. The summed E-state index contributed by atoms with van der Waals surface area (Å²) in [6.45, 7) is 5.37. The molecule has 0 aliphatic heterocycles. The first kappa shape index (κ1) is 15.6. The maximum atomic E-state index is 8.68. The Bertz CT molecular complexity index is 122. The first-order valence-electron chi connectivity index (χ1n) is 6.92. The molecule has 0 aromatic heterocycles. The van der Waals surface area contributed by atoms with Gasteiger partial charge in [0.15, 0.2) is 0 Å². The molecule has 1 nitrogen and oxygen atoms in total. The lowest BCUT2D eigenvalue weighted by Crippen LogP contribution is -2.07. The zero-order valence-corrected chi connectivity index (χ0v) is 14.8. The van der Waals surface area contributed by atoms with Crippen molar-refractivity contribution < 1.29 is 5.11 Å². The topological polar surface area (TPSA) is 20.2 Å². The zero-order chi connectivity index (χ0) is 11.4. The van der Waals surface area contributed by atoms with Crippen LogP contribution in [0.3, 0.4) is 0 Å². The van der Waals surface area contributed by atoms with Crippen molar-refractivity contribution >= 4 is 27.8 Å². The summed E-state index contributed by atoms with van der Waals surface area (Å²) < 4.78 is 0. The quantitative estimate of drug-likeness (QED) is 0.443. The van der Waals surface area contributed by atoms with Gasteiger partial charge in [-0.2, -0.15) is 0 Å². The Kier molecular flexibility index (Phi) is 13.2. The summed E-state index contributed by atoms with van der Waals surface area (Å²) in [7, 11) is 0.392. The summed E-state index contributed by atoms with van der Waals surface area (Å²) in [6, 6.07) is 8.06. The maximum Gasteiger partial charge on any atom is 0.0431 e. The second-order valence-electron chi connectivity index (χ2n) is 4.88.